The largest absolute Gasteiger partial charge is 0.573 e. The summed E-state index contributed by atoms with van der Waals surface area (Å²) < 4.78 is 40.0. The smallest absolute Gasteiger partial charge is 0.406 e. The highest BCUT2D eigenvalue weighted by Gasteiger charge is 2.31. The molecule has 0 aliphatic heterocycles. The van der Waals surface area contributed by atoms with E-state index in [0.717, 1.165) is 16.7 Å². The lowest BCUT2D eigenvalue weighted by Gasteiger charge is -2.16. The van der Waals surface area contributed by atoms with E-state index in [0.29, 0.717) is 0 Å². The van der Waals surface area contributed by atoms with Gasteiger partial charge in [0, 0.05) is 0 Å². The summed E-state index contributed by atoms with van der Waals surface area (Å²) in [6.45, 7) is 1.94. The van der Waals surface area contributed by atoms with Gasteiger partial charge in [0.05, 0.1) is 6.04 Å². The average Bonchev–Trinajstić information content (AvgIpc) is 2.37. The summed E-state index contributed by atoms with van der Waals surface area (Å²) in [5, 5.41) is 0. The van der Waals surface area contributed by atoms with Crippen molar-refractivity contribution in [1.82, 2.24) is 0 Å². The Labute approximate surface area is 115 Å². The van der Waals surface area contributed by atoms with E-state index in [9.17, 15) is 13.2 Å². The molecule has 0 fully saturated rings. The molecule has 2 aromatic rings. The number of benzene rings is 2. The average molecular weight is 281 g/mol. The first-order chi connectivity index (χ1) is 9.37. The molecule has 0 radical (unpaired) electrons. The first-order valence-electron chi connectivity index (χ1n) is 6.03. The Morgan fingerprint density at radius 1 is 1.00 bits per heavy atom. The summed E-state index contributed by atoms with van der Waals surface area (Å²) in [5.74, 6) is -0.252. The van der Waals surface area contributed by atoms with Gasteiger partial charge >= 0.3 is 6.36 Å². The number of aryl methyl sites for hydroxylation is 1. The van der Waals surface area contributed by atoms with E-state index in [2.05, 4.69) is 4.74 Å². The van der Waals surface area contributed by atoms with Crippen LogP contribution in [0.15, 0.2) is 48.5 Å². The minimum absolute atomic E-state index is 0.252. The van der Waals surface area contributed by atoms with E-state index in [-0.39, 0.29) is 11.8 Å². The summed E-state index contributed by atoms with van der Waals surface area (Å²) in [6, 6.07) is 12.9. The van der Waals surface area contributed by atoms with Crippen molar-refractivity contribution in [3.05, 3.63) is 65.2 Å². The molecule has 5 heteroatoms. The molecule has 2 aromatic carbocycles. The van der Waals surface area contributed by atoms with E-state index >= 15 is 0 Å². The zero-order valence-corrected chi connectivity index (χ0v) is 10.8. The number of ether oxygens (including phenoxy) is 1. The molecule has 0 heterocycles. The molecule has 0 amide bonds. The van der Waals surface area contributed by atoms with E-state index < -0.39 is 6.36 Å². The maximum atomic E-state index is 12.1. The van der Waals surface area contributed by atoms with E-state index in [1.165, 1.54) is 24.3 Å². The predicted molar refractivity (Wildman–Crippen MR) is 70.3 cm³/mol. The van der Waals surface area contributed by atoms with Gasteiger partial charge in [-0.3, -0.25) is 0 Å². The number of alkyl halides is 3. The zero-order chi connectivity index (χ0) is 14.8. The van der Waals surface area contributed by atoms with E-state index in [4.69, 9.17) is 5.73 Å². The van der Waals surface area contributed by atoms with Gasteiger partial charge in [0.1, 0.15) is 5.75 Å². The number of hydrogen-bond acceptors (Lipinski definition) is 2. The number of hydrogen-bond donors (Lipinski definition) is 1. The van der Waals surface area contributed by atoms with Gasteiger partial charge in [-0.2, -0.15) is 0 Å². The summed E-state index contributed by atoms with van der Waals surface area (Å²) in [5.41, 5.74) is 8.84. The second kappa shape index (κ2) is 5.54. The van der Waals surface area contributed by atoms with E-state index in [1.807, 2.05) is 31.2 Å². The number of nitrogens with two attached hydrogens (primary N) is 1. The highest BCUT2D eigenvalue weighted by Crippen LogP contribution is 2.27. The van der Waals surface area contributed by atoms with Gasteiger partial charge < -0.3 is 10.5 Å². The molecular weight excluding hydrogens is 267 g/mol. The Kier molecular flexibility index (Phi) is 3.99. The summed E-state index contributed by atoms with van der Waals surface area (Å²) in [6.07, 6.45) is -4.68. The van der Waals surface area contributed by atoms with Crippen LogP contribution in [0.25, 0.3) is 0 Å². The summed E-state index contributed by atoms with van der Waals surface area (Å²) in [4.78, 5) is 0. The van der Waals surface area contributed by atoms with Crippen LogP contribution in [0.1, 0.15) is 22.7 Å². The van der Waals surface area contributed by atoms with Gasteiger partial charge in [0.2, 0.25) is 0 Å². The van der Waals surface area contributed by atoms with Gasteiger partial charge in [-0.25, -0.2) is 0 Å². The van der Waals surface area contributed by atoms with Gasteiger partial charge in [0.15, 0.2) is 0 Å². The molecule has 0 aliphatic carbocycles. The molecule has 1 unspecified atom stereocenters. The van der Waals surface area contributed by atoms with Crippen LogP contribution in [0, 0.1) is 6.92 Å². The van der Waals surface area contributed by atoms with Gasteiger partial charge in [-0.1, -0.05) is 36.4 Å². The molecule has 0 spiro atoms. The second-order valence-corrected chi connectivity index (χ2v) is 4.45. The van der Waals surface area contributed by atoms with Crippen LogP contribution in [0.5, 0.6) is 5.75 Å². The zero-order valence-electron chi connectivity index (χ0n) is 10.8. The monoisotopic (exact) mass is 281 g/mol. The molecule has 1 atom stereocenters. The van der Waals surface area contributed by atoms with Crippen molar-refractivity contribution < 1.29 is 17.9 Å². The highest BCUT2D eigenvalue weighted by molar-refractivity contribution is 5.38. The molecule has 0 aromatic heterocycles. The van der Waals surface area contributed by atoms with Crippen molar-refractivity contribution in [1.29, 1.82) is 0 Å². The fourth-order valence-electron chi connectivity index (χ4n) is 1.99. The van der Waals surface area contributed by atoms with Gasteiger partial charge in [-0.15, -0.1) is 13.2 Å². The first kappa shape index (κ1) is 14.4. The SMILES string of the molecule is Cc1ccccc1C(N)c1ccc(OC(F)(F)F)cc1. The Hall–Kier alpha value is -2.01. The molecule has 0 bridgehead atoms. The van der Waals surface area contributed by atoms with E-state index in [1.54, 1.807) is 0 Å². The molecule has 2 rings (SSSR count). The predicted octanol–water partition coefficient (Wildman–Crippen LogP) is 3.94. The van der Waals surface area contributed by atoms with Gasteiger partial charge in [-0.05, 0) is 35.7 Å². The third-order valence-electron chi connectivity index (χ3n) is 3.00. The van der Waals surface area contributed by atoms with Crippen LogP contribution in [-0.2, 0) is 0 Å². The molecular formula is C15H14F3NO. The maximum Gasteiger partial charge on any atom is 0.573 e. The Morgan fingerprint density at radius 3 is 2.15 bits per heavy atom. The molecule has 2 N–H and O–H groups in total. The maximum absolute atomic E-state index is 12.1. The van der Waals surface area contributed by atoms with Crippen molar-refractivity contribution in [2.45, 2.75) is 19.3 Å². The van der Waals surface area contributed by atoms with Crippen molar-refractivity contribution in [2.24, 2.45) is 5.73 Å². The topological polar surface area (TPSA) is 35.2 Å². The fourth-order valence-corrected chi connectivity index (χ4v) is 1.99. The third-order valence-corrected chi connectivity index (χ3v) is 3.00. The summed E-state index contributed by atoms with van der Waals surface area (Å²) in [7, 11) is 0. The lowest BCUT2D eigenvalue weighted by molar-refractivity contribution is -0.274. The fraction of sp³-hybridized carbons (Fsp3) is 0.200. The summed E-state index contributed by atoms with van der Waals surface area (Å²) >= 11 is 0. The molecule has 106 valence electrons. The minimum Gasteiger partial charge on any atom is -0.406 e. The van der Waals surface area contributed by atoms with Crippen LogP contribution in [0.4, 0.5) is 13.2 Å². The second-order valence-electron chi connectivity index (χ2n) is 4.45. The van der Waals surface area contributed by atoms with Crippen LogP contribution < -0.4 is 10.5 Å². The van der Waals surface area contributed by atoms with Crippen molar-refractivity contribution in [3.63, 3.8) is 0 Å². The number of rotatable bonds is 3. The lowest BCUT2D eigenvalue weighted by Crippen LogP contribution is -2.17. The Balaban J connectivity index is 2.20. The van der Waals surface area contributed by atoms with Gasteiger partial charge in [0.25, 0.3) is 0 Å². The standard InChI is InChI=1S/C15H14F3NO/c1-10-4-2-3-5-13(10)14(19)11-6-8-12(9-7-11)20-15(16,17)18/h2-9,14H,19H2,1H3. The van der Waals surface area contributed by atoms with Crippen LogP contribution in [0.2, 0.25) is 0 Å². The van der Waals surface area contributed by atoms with Crippen LogP contribution in [0.3, 0.4) is 0 Å². The van der Waals surface area contributed by atoms with Crippen molar-refractivity contribution >= 4 is 0 Å². The number of halogens is 3. The Morgan fingerprint density at radius 2 is 1.60 bits per heavy atom. The minimum atomic E-state index is -4.68. The highest BCUT2D eigenvalue weighted by atomic mass is 19.4. The van der Waals surface area contributed by atoms with Crippen LogP contribution >= 0.6 is 0 Å². The molecule has 2 nitrogen and oxygen atoms in total. The van der Waals surface area contributed by atoms with Crippen molar-refractivity contribution in [2.75, 3.05) is 0 Å². The lowest BCUT2D eigenvalue weighted by atomic mass is 9.96. The molecule has 0 aliphatic rings. The normalized spacial score (nSPS) is 13.1. The van der Waals surface area contributed by atoms with Crippen LogP contribution in [-0.4, -0.2) is 6.36 Å². The Bertz CT molecular complexity index is 578. The molecule has 0 saturated heterocycles. The molecule has 0 saturated carbocycles. The first-order valence-corrected chi connectivity index (χ1v) is 6.03. The molecule has 20 heavy (non-hydrogen) atoms. The van der Waals surface area contributed by atoms with Crippen molar-refractivity contribution in [3.8, 4) is 5.75 Å². The quantitative estimate of drug-likeness (QED) is 0.924. The third kappa shape index (κ3) is 3.51.